The number of aryl methyl sites for hydroxylation is 1. The molecule has 1 saturated heterocycles. The summed E-state index contributed by atoms with van der Waals surface area (Å²) in [6.07, 6.45) is 11.6. The number of rotatable bonds is 6. The van der Waals surface area contributed by atoms with Crippen molar-refractivity contribution in [1.82, 2.24) is 14.7 Å². The van der Waals surface area contributed by atoms with Crippen LogP contribution in [-0.4, -0.2) is 33.7 Å². The molecule has 1 fully saturated rings. The van der Waals surface area contributed by atoms with Gasteiger partial charge in [-0.25, -0.2) is 0 Å². The van der Waals surface area contributed by atoms with Gasteiger partial charge in [0.2, 0.25) is 0 Å². The van der Waals surface area contributed by atoms with Gasteiger partial charge in [-0.1, -0.05) is 6.08 Å². The van der Waals surface area contributed by atoms with Crippen molar-refractivity contribution in [2.24, 2.45) is 7.05 Å². The Morgan fingerprint density at radius 3 is 3.15 bits per heavy atom. The highest BCUT2D eigenvalue weighted by Gasteiger charge is 2.27. The van der Waals surface area contributed by atoms with E-state index in [1.54, 1.807) is 34.7 Å². The van der Waals surface area contributed by atoms with E-state index in [0.29, 0.717) is 11.7 Å². The van der Waals surface area contributed by atoms with Crippen molar-refractivity contribution >= 4 is 29.0 Å². The van der Waals surface area contributed by atoms with Gasteiger partial charge in [0.15, 0.2) is 0 Å². The highest BCUT2D eigenvalue weighted by Crippen LogP contribution is 2.36. The molecule has 1 unspecified atom stereocenters. The molecule has 3 aromatic rings. The Balaban J connectivity index is 1.39. The number of hydrogen-bond acceptors (Lipinski definition) is 5. The second-order valence-electron chi connectivity index (χ2n) is 6.63. The van der Waals surface area contributed by atoms with Gasteiger partial charge >= 0.3 is 0 Å². The van der Waals surface area contributed by atoms with Gasteiger partial charge in [0, 0.05) is 30.7 Å². The number of furan rings is 1. The third-order valence-electron chi connectivity index (χ3n) is 4.67. The minimum absolute atomic E-state index is 0.0819. The van der Waals surface area contributed by atoms with Crippen LogP contribution in [-0.2, 0) is 7.05 Å². The van der Waals surface area contributed by atoms with Crippen LogP contribution in [0.2, 0.25) is 0 Å². The molecule has 7 heteroatoms. The summed E-state index contributed by atoms with van der Waals surface area (Å²) in [6.45, 7) is 1.95. The van der Waals surface area contributed by atoms with Crippen LogP contribution in [0.5, 0.6) is 0 Å². The maximum Gasteiger partial charge on any atom is 0.265 e. The summed E-state index contributed by atoms with van der Waals surface area (Å²) >= 11 is 1.58. The largest absolute Gasteiger partial charge is 0.465 e. The van der Waals surface area contributed by atoms with Crippen molar-refractivity contribution in [3.8, 4) is 0 Å². The molecular weight excluding hydrogens is 360 g/mol. The lowest BCUT2D eigenvalue weighted by Gasteiger charge is -2.21. The van der Waals surface area contributed by atoms with E-state index in [0.717, 1.165) is 30.1 Å². The number of carbonyl (C=O) groups is 1. The highest BCUT2D eigenvalue weighted by atomic mass is 32.1. The third kappa shape index (κ3) is 4.20. The minimum atomic E-state index is -0.0819. The second kappa shape index (κ2) is 7.94. The molecule has 3 aromatic heterocycles. The molecule has 0 radical (unpaired) electrons. The quantitative estimate of drug-likeness (QED) is 0.695. The smallest absolute Gasteiger partial charge is 0.265 e. The first-order chi connectivity index (χ1) is 13.2. The van der Waals surface area contributed by atoms with Crippen LogP contribution in [0, 0.1) is 0 Å². The van der Waals surface area contributed by atoms with Gasteiger partial charge in [-0.15, -0.1) is 11.3 Å². The number of amides is 1. The zero-order valence-electron chi connectivity index (χ0n) is 15.2. The van der Waals surface area contributed by atoms with Gasteiger partial charge in [0.25, 0.3) is 5.91 Å². The Kier molecular flexibility index (Phi) is 5.22. The number of hydrogen-bond donors (Lipinski definition) is 1. The molecule has 0 bridgehead atoms. The molecule has 1 N–H and O–H groups in total. The van der Waals surface area contributed by atoms with Crippen LogP contribution in [0.4, 0.5) is 5.69 Å². The maximum atomic E-state index is 12.5. The Labute approximate surface area is 162 Å². The number of aromatic nitrogens is 2. The van der Waals surface area contributed by atoms with E-state index < -0.39 is 0 Å². The predicted molar refractivity (Wildman–Crippen MR) is 107 cm³/mol. The van der Waals surface area contributed by atoms with E-state index >= 15 is 0 Å². The second-order valence-corrected chi connectivity index (χ2v) is 7.74. The molecule has 4 rings (SSSR count). The van der Waals surface area contributed by atoms with Crippen molar-refractivity contribution in [1.29, 1.82) is 0 Å². The summed E-state index contributed by atoms with van der Waals surface area (Å²) in [7, 11) is 1.83. The molecule has 0 spiro atoms. The normalized spacial score (nSPS) is 17.7. The number of carbonyl (C=O) groups excluding carboxylic acids is 1. The Morgan fingerprint density at radius 1 is 1.44 bits per heavy atom. The molecule has 4 heterocycles. The summed E-state index contributed by atoms with van der Waals surface area (Å²) in [5, 5.41) is 6.97. The Bertz CT molecular complexity index is 926. The number of nitrogens with one attached hydrogen (secondary N) is 1. The van der Waals surface area contributed by atoms with Crippen LogP contribution >= 0.6 is 11.3 Å². The van der Waals surface area contributed by atoms with Crippen LogP contribution in [0.15, 0.2) is 53.4 Å². The monoisotopic (exact) mass is 382 g/mol. The van der Waals surface area contributed by atoms with E-state index in [2.05, 4.69) is 27.5 Å². The number of anilines is 1. The average molecular weight is 382 g/mol. The SMILES string of the molecule is Cn1cc(NC(=O)c2ccc(C3CCCN3CC=Cc3ccco3)s2)cn1. The third-order valence-corrected chi connectivity index (χ3v) is 5.86. The molecule has 0 saturated carbocycles. The molecule has 1 amide bonds. The van der Waals surface area contributed by atoms with E-state index in [1.165, 1.54) is 11.3 Å². The first kappa shape index (κ1) is 17.8. The van der Waals surface area contributed by atoms with Crippen molar-refractivity contribution in [3.63, 3.8) is 0 Å². The Morgan fingerprint density at radius 2 is 2.37 bits per heavy atom. The molecular formula is C20H22N4O2S. The summed E-state index contributed by atoms with van der Waals surface area (Å²) < 4.78 is 7.00. The Hall–Kier alpha value is -2.64. The van der Waals surface area contributed by atoms with Crippen molar-refractivity contribution in [2.45, 2.75) is 18.9 Å². The molecule has 140 valence electrons. The number of likely N-dealkylation sites (tertiary alicyclic amines) is 1. The van der Waals surface area contributed by atoms with Gasteiger partial charge < -0.3 is 9.73 Å². The molecule has 0 aromatic carbocycles. The summed E-state index contributed by atoms with van der Waals surface area (Å²) in [5.41, 5.74) is 0.711. The zero-order chi connectivity index (χ0) is 18.6. The van der Waals surface area contributed by atoms with E-state index in [-0.39, 0.29) is 5.91 Å². The van der Waals surface area contributed by atoms with Crippen LogP contribution in [0.25, 0.3) is 6.08 Å². The lowest BCUT2D eigenvalue weighted by Crippen LogP contribution is -2.22. The number of thiophene rings is 1. The molecule has 27 heavy (non-hydrogen) atoms. The zero-order valence-corrected chi connectivity index (χ0v) is 16.0. The lowest BCUT2D eigenvalue weighted by atomic mass is 10.2. The van der Waals surface area contributed by atoms with Gasteiger partial charge in [0.1, 0.15) is 5.76 Å². The summed E-state index contributed by atoms with van der Waals surface area (Å²) in [5.74, 6) is 0.790. The maximum absolute atomic E-state index is 12.5. The van der Waals surface area contributed by atoms with Crippen molar-refractivity contribution < 1.29 is 9.21 Å². The van der Waals surface area contributed by atoms with Crippen LogP contribution in [0.1, 0.15) is 39.2 Å². The number of nitrogens with zero attached hydrogens (tertiary/aromatic N) is 3. The standard InChI is InChI=1S/C20H22N4O2S/c1-23-14-15(13-21-23)22-20(25)19-9-8-18(27-19)17-7-3-11-24(17)10-2-5-16-6-4-12-26-16/h2,4-6,8-9,12-14,17H,3,7,10-11H2,1H3,(H,22,25). The summed E-state index contributed by atoms with van der Waals surface area (Å²) in [6, 6.07) is 8.21. The molecule has 0 aliphatic carbocycles. The predicted octanol–water partition coefficient (Wildman–Crippen LogP) is 4.18. The fraction of sp³-hybridized carbons (Fsp3) is 0.300. The van der Waals surface area contributed by atoms with E-state index in [9.17, 15) is 4.79 Å². The highest BCUT2D eigenvalue weighted by molar-refractivity contribution is 7.14. The topological polar surface area (TPSA) is 63.3 Å². The first-order valence-electron chi connectivity index (χ1n) is 9.03. The van der Waals surface area contributed by atoms with Gasteiger partial charge in [-0.05, 0) is 49.7 Å². The fourth-order valence-electron chi connectivity index (χ4n) is 3.39. The van der Waals surface area contributed by atoms with Gasteiger partial charge in [-0.2, -0.15) is 5.10 Å². The first-order valence-corrected chi connectivity index (χ1v) is 9.84. The van der Waals surface area contributed by atoms with Crippen molar-refractivity contribution in [2.75, 3.05) is 18.4 Å². The molecule has 1 aliphatic heterocycles. The van der Waals surface area contributed by atoms with Crippen LogP contribution < -0.4 is 5.32 Å². The van der Waals surface area contributed by atoms with Crippen LogP contribution in [0.3, 0.4) is 0 Å². The average Bonchev–Trinajstić information content (AvgIpc) is 3.43. The fourth-order valence-corrected chi connectivity index (χ4v) is 4.46. The van der Waals surface area contributed by atoms with E-state index in [4.69, 9.17) is 4.42 Å². The minimum Gasteiger partial charge on any atom is -0.465 e. The molecule has 6 nitrogen and oxygen atoms in total. The summed E-state index contributed by atoms with van der Waals surface area (Å²) in [4.78, 5) is 16.9. The molecule has 1 atom stereocenters. The van der Waals surface area contributed by atoms with Gasteiger partial charge in [0.05, 0.1) is 23.0 Å². The molecule has 1 aliphatic rings. The lowest BCUT2D eigenvalue weighted by molar-refractivity contribution is 0.103. The van der Waals surface area contributed by atoms with Gasteiger partial charge in [-0.3, -0.25) is 14.4 Å². The van der Waals surface area contributed by atoms with E-state index in [1.807, 2.05) is 31.3 Å². The van der Waals surface area contributed by atoms with Crippen molar-refractivity contribution in [3.05, 3.63) is 64.5 Å².